The Morgan fingerprint density at radius 3 is 2.55 bits per heavy atom. The Kier molecular flexibility index (Phi) is 8.76. The molecule has 0 spiro atoms. The van der Waals surface area contributed by atoms with Crippen LogP contribution in [0.3, 0.4) is 0 Å². The number of benzene rings is 2. The van der Waals surface area contributed by atoms with Gasteiger partial charge in [0.05, 0.1) is 28.5 Å². The van der Waals surface area contributed by atoms with Crippen molar-refractivity contribution in [1.82, 2.24) is 14.9 Å². The molecule has 244 valence electrons. The minimum absolute atomic E-state index is 0.130. The maximum absolute atomic E-state index is 14.4. The molecule has 0 aliphatic carbocycles. The first kappa shape index (κ1) is 32.2. The molecule has 2 aliphatic rings. The van der Waals surface area contributed by atoms with Crippen LogP contribution in [0.15, 0.2) is 71.5 Å². The van der Waals surface area contributed by atoms with Crippen LogP contribution in [0.4, 0.5) is 10.5 Å². The molecule has 4 heterocycles. The number of urea groups is 1. The van der Waals surface area contributed by atoms with Crippen LogP contribution in [0.5, 0.6) is 0 Å². The third-order valence-electron chi connectivity index (χ3n) is 9.38. The first-order valence-electron chi connectivity index (χ1n) is 16.2. The Balaban J connectivity index is 1.27. The molecule has 2 aromatic carbocycles. The molecule has 2 amide bonds. The first-order chi connectivity index (χ1) is 22.5. The second-order valence-electron chi connectivity index (χ2n) is 13.1. The summed E-state index contributed by atoms with van der Waals surface area (Å²) in [6.07, 6.45) is 1.73. The molecule has 2 aromatic heterocycles. The topological polar surface area (TPSA) is 129 Å². The van der Waals surface area contributed by atoms with Crippen LogP contribution >= 0.6 is 0 Å². The molecule has 1 unspecified atom stereocenters. The quantitative estimate of drug-likeness (QED) is 0.114. The minimum Gasteiger partial charge on any atom is -0.457 e. The fraction of sp³-hybridized carbons (Fsp3) is 0.361. The van der Waals surface area contributed by atoms with Gasteiger partial charge in [0.2, 0.25) is 5.60 Å². The van der Waals surface area contributed by atoms with E-state index in [-0.39, 0.29) is 30.7 Å². The highest BCUT2D eigenvalue weighted by Gasteiger charge is 2.50. The molecule has 0 saturated carbocycles. The van der Waals surface area contributed by atoms with Crippen LogP contribution in [-0.2, 0) is 31.3 Å². The van der Waals surface area contributed by atoms with E-state index < -0.39 is 25.6 Å². The number of ether oxygens (including phenoxy) is 2. The van der Waals surface area contributed by atoms with Gasteiger partial charge in [-0.15, -0.1) is 0 Å². The highest BCUT2D eigenvalue weighted by atomic mass is 28.3. The number of fused-ring (bicyclic) bond motifs is 5. The fourth-order valence-corrected chi connectivity index (χ4v) is 9.34. The zero-order valence-electron chi connectivity index (χ0n) is 27.2. The smallest absolute Gasteiger partial charge is 0.355 e. The van der Waals surface area contributed by atoms with E-state index in [1.165, 1.54) is 6.92 Å². The third-order valence-corrected chi connectivity index (χ3v) is 12.7. The molecular formula is C36H40N4O6Si. The number of hydrogen-bond donors (Lipinski definition) is 2. The predicted octanol–water partition coefficient (Wildman–Crippen LogP) is 6.50. The maximum atomic E-state index is 14.4. The van der Waals surface area contributed by atoms with Gasteiger partial charge in [0.25, 0.3) is 5.56 Å². The van der Waals surface area contributed by atoms with Gasteiger partial charge in [0, 0.05) is 43.7 Å². The van der Waals surface area contributed by atoms with E-state index in [2.05, 4.69) is 29.8 Å². The number of nitrogens with zero attached hydrogens (tertiary/aromatic N) is 2. The number of esters is 2. The van der Waals surface area contributed by atoms with Gasteiger partial charge >= 0.3 is 18.0 Å². The Bertz CT molecular complexity index is 1920. The average molecular weight is 653 g/mol. The number of para-hydroxylation sites is 2. The molecule has 0 radical (unpaired) electrons. The Hall–Kier alpha value is -4.77. The number of cyclic esters (lactones) is 1. The largest absolute Gasteiger partial charge is 0.457 e. The van der Waals surface area contributed by atoms with Gasteiger partial charge in [-0.3, -0.25) is 14.2 Å². The predicted molar refractivity (Wildman–Crippen MR) is 183 cm³/mol. The number of rotatable bonds is 10. The van der Waals surface area contributed by atoms with Crippen molar-refractivity contribution in [3.8, 4) is 11.4 Å². The molecule has 0 bridgehead atoms. The van der Waals surface area contributed by atoms with Crippen LogP contribution in [0.25, 0.3) is 22.3 Å². The lowest BCUT2D eigenvalue weighted by molar-refractivity contribution is -0.188. The van der Waals surface area contributed by atoms with Crippen LogP contribution in [0.2, 0.25) is 25.2 Å². The molecule has 4 aromatic rings. The highest BCUT2D eigenvalue weighted by Crippen LogP contribution is 2.45. The fourth-order valence-electron chi connectivity index (χ4n) is 6.90. The lowest BCUT2D eigenvalue weighted by atomic mass is 9.85. The van der Waals surface area contributed by atoms with Crippen LogP contribution in [0, 0.1) is 0 Å². The zero-order valence-corrected chi connectivity index (χ0v) is 28.2. The highest BCUT2D eigenvalue weighted by molar-refractivity contribution is 6.77. The van der Waals surface area contributed by atoms with Crippen molar-refractivity contribution in [3.63, 3.8) is 0 Å². The van der Waals surface area contributed by atoms with E-state index in [0.717, 1.165) is 47.1 Å². The standard InChI is InChI=1S/C36H40N4O6Si/c1-5-36(46-23(2)41)28-21-31-32-26(20-24-12-9-10-15-29(24)39-32)30(40(31)33(42)27(28)22-45-34(36)43)16-19-47(3,4)18-11-17-37-35(44)38-25-13-7-6-8-14-25/h6-10,12-15,20-21,30H,5,11,16-19,22H2,1-4H3,(H2,37,38,44)/t30?,36-/m0/s1. The molecule has 0 saturated heterocycles. The summed E-state index contributed by atoms with van der Waals surface area (Å²) in [5.74, 6) is -1.30. The van der Waals surface area contributed by atoms with E-state index in [1.54, 1.807) is 6.92 Å². The van der Waals surface area contributed by atoms with E-state index in [1.807, 2.05) is 65.2 Å². The van der Waals surface area contributed by atoms with E-state index in [4.69, 9.17) is 14.5 Å². The number of anilines is 1. The third kappa shape index (κ3) is 6.19. The minimum atomic E-state index is -1.75. The Morgan fingerprint density at radius 1 is 1.06 bits per heavy atom. The summed E-state index contributed by atoms with van der Waals surface area (Å²) in [6.45, 7) is 8.07. The zero-order chi connectivity index (χ0) is 33.3. The van der Waals surface area contributed by atoms with Crippen LogP contribution in [0.1, 0.15) is 55.8 Å². The maximum Gasteiger partial charge on any atom is 0.355 e. The van der Waals surface area contributed by atoms with Gasteiger partial charge < -0.3 is 20.1 Å². The van der Waals surface area contributed by atoms with E-state index in [0.29, 0.717) is 29.1 Å². The van der Waals surface area contributed by atoms with Gasteiger partial charge in [-0.25, -0.2) is 14.6 Å². The van der Waals surface area contributed by atoms with Crippen molar-refractivity contribution < 1.29 is 23.9 Å². The van der Waals surface area contributed by atoms with E-state index in [9.17, 15) is 19.2 Å². The van der Waals surface area contributed by atoms with Crippen molar-refractivity contribution in [2.75, 3.05) is 11.9 Å². The SMILES string of the molecule is CC[C@@]1(OC(C)=O)C(=O)OCc2c1cc1n(c2=O)C(CC[Si](C)(C)CCCNC(=O)Nc2ccccc2)c2cc3ccccc3nc2-1. The summed E-state index contributed by atoms with van der Waals surface area (Å²) in [4.78, 5) is 57.0. The summed E-state index contributed by atoms with van der Waals surface area (Å²) >= 11 is 0. The number of carbonyl (C=O) groups excluding carboxylic acids is 3. The molecule has 0 fully saturated rings. The van der Waals surface area contributed by atoms with Gasteiger partial charge in [0.1, 0.15) is 6.61 Å². The van der Waals surface area contributed by atoms with Gasteiger partial charge in [-0.2, -0.15) is 0 Å². The van der Waals surface area contributed by atoms with Crippen LogP contribution < -0.4 is 16.2 Å². The first-order valence-corrected chi connectivity index (χ1v) is 19.6. The van der Waals surface area contributed by atoms with Crippen molar-refractivity contribution >= 4 is 42.6 Å². The number of amides is 2. The summed E-state index contributed by atoms with van der Waals surface area (Å²) in [7, 11) is -1.75. The molecule has 2 atom stereocenters. The second kappa shape index (κ2) is 12.8. The summed E-state index contributed by atoms with van der Waals surface area (Å²) in [5.41, 5.74) is 2.61. The van der Waals surface area contributed by atoms with Gasteiger partial charge in [-0.1, -0.05) is 68.5 Å². The van der Waals surface area contributed by atoms with Crippen molar-refractivity contribution in [2.24, 2.45) is 0 Å². The number of nitrogens with one attached hydrogen (secondary N) is 2. The van der Waals surface area contributed by atoms with Crippen molar-refractivity contribution in [1.29, 1.82) is 0 Å². The molecule has 10 nitrogen and oxygen atoms in total. The summed E-state index contributed by atoms with van der Waals surface area (Å²) in [5, 5.41) is 6.80. The molecule has 6 rings (SSSR count). The molecule has 2 aliphatic heterocycles. The summed E-state index contributed by atoms with van der Waals surface area (Å²) < 4.78 is 12.9. The molecule has 47 heavy (non-hydrogen) atoms. The number of hydrogen-bond acceptors (Lipinski definition) is 7. The normalized spacial score (nSPS) is 18.1. The number of aromatic nitrogens is 2. The average Bonchev–Trinajstić information content (AvgIpc) is 3.35. The lowest BCUT2D eigenvalue weighted by Crippen LogP contribution is -2.47. The van der Waals surface area contributed by atoms with E-state index >= 15 is 0 Å². The molecule has 2 N–H and O–H groups in total. The lowest BCUT2D eigenvalue weighted by Gasteiger charge is -2.35. The van der Waals surface area contributed by atoms with Gasteiger partial charge in [0.15, 0.2) is 0 Å². The van der Waals surface area contributed by atoms with Crippen molar-refractivity contribution in [3.05, 3.63) is 93.8 Å². The Morgan fingerprint density at radius 2 is 1.81 bits per heavy atom. The molecule has 11 heteroatoms. The van der Waals surface area contributed by atoms with Gasteiger partial charge in [-0.05, 0) is 49.6 Å². The van der Waals surface area contributed by atoms with Crippen LogP contribution in [-0.4, -0.2) is 42.1 Å². The molecular weight excluding hydrogens is 613 g/mol. The second-order valence-corrected chi connectivity index (χ2v) is 18.5. The monoisotopic (exact) mass is 652 g/mol. The number of carbonyl (C=O) groups is 3. The summed E-state index contributed by atoms with van der Waals surface area (Å²) in [6, 6.07) is 22.7. The number of pyridine rings is 2. The van der Waals surface area contributed by atoms with Crippen molar-refractivity contribution in [2.45, 2.75) is 76.5 Å². The Labute approximate surface area is 274 Å².